The molecule has 0 unspecified atom stereocenters. The molecule has 1 N–H and O–H groups in total. The summed E-state index contributed by atoms with van der Waals surface area (Å²) in [5, 5.41) is 0. The molecule has 1 aromatic carbocycles. The van der Waals surface area contributed by atoms with Crippen LogP contribution in [0.15, 0.2) is 41.3 Å². The molecule has 2 heterocycles. The smallest absolute Gasteiger partial charge is 0.310 e. The molecule has 2 aromatic heterocycles. The second kappa shape index (κ2) is 7.25. The van der Waals surface area contributed by atoms with Gasteiger partial charge in [0, 0.05) is 19.0 Å². The second-order valence-corrected chi connectivity index (χ2v) is 6.22. The molecule has 0 spiro atoms. The molecule has 0 atom stereocenters. The van der Waals surface area contributed by atoms with Crippen molar-refractivity contribution >= 4 is 6.15 Å². The van der Waals surface area contributed by atoms with Crippen molar-refractivity contribution in [1.82, 2.24) is 15.0 Å². The number of aryl methyl sites for hydroxylation is 2. The number of nitrogens with one attached hydrogen (secondary N) is 1. The SMILES string of the molecule is Cc1cnc2c(c1)Cc1nc(Cc3ccccc3C)[nH]c(=O)c1-2.O=C=O. The summed E-state index contributed by atoms with van der Waals surface area (Å²) < 4.78 is 0. The van der Waals surface area contributed by atoms with Gasteiger partial charge in [0.2, 0.25) is 0 Å². The number of hydrogen-bond donors (Lipinski definition) is 1. The van der Waals surface area contributed by atoms with Gasteiger partial charge < -0.3 is 4.98 Å². The fraction of sp³-hybridized carbons (Fsp3) is 0.200. The molecule has 6 heteroatoms. The van der Waals surface area contributed by atoms with Crippen molar-refractivity contribution in [3.8, 4) is 11.3 Å². The van der Waals surface area contributed by atoms with Crippen LogP contribution in [0.25, 0.3) is 11.3 Å². The fourth-order valence-corrected chi connectivity index (χ4v) is 3.19. The van der Waals surface area contributed by atoms with Crippen LogP contribution in [0.5, 0.6) is 0 Å². The molecular formula is C20H17N3O3. The van der Waals surface area contributed by atoms with Crippen molar-refractivity contribution in [3.05, 3.63) is 80.7 Å². The van der Waals surface area contributed by atoms with E-state index in [1.54, 1.807) is 6.20 Å². The third kappa shape index (κ3) is 3.36. The van der Waals surface area contributed by atoms with E-state index in [9.17, 15) is 4.79 Å². The minimum absolute atomic E-state index is 0.0892. The predicted molar refractivity (Wildman–Crippen MR) is 94.6 cm³/mol. The summed E-state index contributed by atoms with van der Waals surface area (Å²) in [7, 11) is 0. The summed E-state index contributed by atoms with van der Waals surface area (Å²) in [6.07, 6.45) is 3.37. The van der Waals surface area contributed by atoms with E-state index in [4.69, 9.17) is 14.6 Å². The molecule has 0 saturated carbocycles. The highest BCUT2D eigenvalue weighted by Crippen LogP contribution is 2.31. The zero-order valence-corrected chi connectivity index (χ0v) is 14.5. The van der Waals surface area contributed by atoms with Gasteiger partial charge in [0.1, 0.15) is 5.82 Å². The molecule has 0 radical (unpaired) electrons. The number of fused-ring (bicyclic) bond motifs is 3. The lowest BCUT2D eigenvalue weighted by Gasteiger charge is -2.06. The molecule has 0 saturated heterocycles. The lowest BCUT2D eigenvalue weighted by Crippen LogP contribution is -2.16. The van der Waals surface area contributed by atoms with Gasteiger partial charge in [0.15, 0.2) is 0 Å². The van der Waals surface area contributed by atoms with Crippen LogP contribution in [-0.2, 0) is 22.4 Å². The van der Waals surface area contributed by atoms with Crippen molar-refractivity contribution in [2.24, 2.45) is 0 Å². The summed E-state index contributed by atoms with van der Waals surface area (Å²) in [5.41, 5.74) is 6.74. The number of rotatable bonds is 2. The van der Waals surface area contributed by atoms with Crippen LogP contribution in [0.3, 0.4) is 0 Å². The third-order valence-electron chi connectivity index (χ3n) is 4.36. The first-order chi connectivity index (χ1) is 12.5. The van der Waals surface area contributed by atoms with E-state index in [2.05, 4.69) is 35.1 Å². The lowest BCUT2D eigenvalue weighted by molar-refractivity contribution is -0.191. The third-order valence-corrected chi connectivity index (χ3v) is 4.36. The molecule has 0 bridgehead atoms. The van der Waals surface area contributed by atoms with Crippen LogP contribution in [0.4, 0.5) is 0 Å². The molecule has 0 amide bonds. The molecule has 1 aliphatic rings. The van der Waals surface area contributed by atoms with Crippen LogP contribution in [0.2, 0.25) is 0 Å². The highest BCUT2D eigenvalue weighted by molar-refractivity contribution is 5.71. The van der Waals surface area contributed by atoms with E-state index < -0.39 is 0 Å². The van der Waals surface area contributed by atoms with E-state index in [-0.39, 0.29) is 11.7 Å². The number of benzene rings is 1. The molecule has 1 aliphatic carbocycles. The van der Waals surface area contributed by atoms with Gasteiger partial charge in [0.25, 0.3) is 5.56 Å². The highest BCUT2D eigenvalue weighted by Gasteiger charge is 2.25. The Bertz CT molecular complexity index is 1060. The summed E-state index contributed by atoms with van der Waals surface area (Å²) >= 11 is 0. The molecular weight excluding hydrogens is 330 g/mol. The highest BCUT2D eigenvalue weighted by atomic mass is 16.2. The first-order valence-electron chi connectivity index (χ1n) is 8.15. The molecule has 4 rings (SSSR count). The van der Waals surface area contributed by atoms with Gasteiger partial charge in [-0.2, -0.15) is 9.59 Å². The van der Waals surface area contributed by atoms with Gasteiger partial charge in [0.05, 0.1) is 17.0 Å². The van der Waals surface area contributed by atoms with Gasteiger partial charge in [-0.1, -0.05) is 30.3 Å². The zero-order chi connectivity index (χ0) is 18.7. The van der Waals surface area contributed by atoms with Gasteiger partial charge in [-0.15, -0.1) is 0 Å². The Hall–Kier alpha value is -3.37. The van der Waals surface area contributed by atoms with Crippen LogP contribution in [0.1, 0.15) is 33.8 Å². The maximum absolute atomic E-state index is 12.5. The number of H-pyrrole nitrogens is 1. The Morgan fingerprint density at radius 3 is 2.65 bits per heavy atom. The summed E-state index contributed by atoms with van der Waals surface area (Å²) in [5.74, 6) is 0.715. The number of nitrogens with zero attached hydrogens (tertiary/aromatic N) is 2. The van der Waals surface area contributed by atoms with Crippen molar-refractivity contribution in [2.45, 2.75) is 26.7 Å². The Balaban J connectivity index is 0.000000613. The second-order valence-electron chi connectivity index (χ2n) is 6.22. The van der Waals surface area contributed by atoms with Crippen molar-refractivity contribution in [1.29, 1.82) is 0 Å². The van der Waals surface area contributed by atoms with Gasteiger partial charge in [-0.3, -0.25) is 9.78 Å². The number of pyridine rings is 1. The van der Waals surface area contributed by atoms with E-state index in [0.29, 0.717) is 24.2 Å². The van der Waals surface area contributed by atoms with Gasteiger partial charge >= 0.3 is 6.15 Å². The first kappa shape index (κ1) is 17.5. The monoisotopic (exact) mass is 347 g/mol. The maximum Gasteiger partial charge on any atom is 0.373 e. The number of aromatic nitrogens is 3. The van der Waals surface area contributed by atoms with Crippen molar-refractivity contribution in [3.63, 3.8) is 0 Å². The maximum atomic E-state index is 12.5. The molecule has 6 nitrogen and oxygen atoms in total. The molecule has 0 fully saturated rings. The fourth-order valence-electron chi connectivity index (χ4n) is 3.19. The Morgan fingerprint density at radius 2 is 1.92 bits per heavy atom. The standard InChI is InChI=1S/C19H17N3O.CO2/c1-11-7-14-8-15-17(18(14)20-10-11)19(23)22-16(21-15)9-13-6-4-3-5-12(13)2;2-1-3/h3-7,10H,8-9H2,1-2H3,(H,21,22,23);. The summed E-state index contributed by atoms with van der Waals surface area (Å²) in [4.78, 5) is 40.8. The summed E-state index contributed by atoms with van der Waals surface area (Å²) in [6.45, 7) is 4.08. The summed E-state index contributed by atoms with van der Waals surface area (Å²) in [6, 6.07) is 10.3. The normalized spacial score (nSPS) is 11.0. The molecule has 130 valence electrons. The average Bonchev–Trinajstić information content (AvgIpc) is 2.95. The van der Waals surface area contributed by atoms with E-state index in [1.165, 1.54) is 11.1 Å². The molecule has 26 heavy (non-hydrogen) atoms. The predicted octanol–water partition coefficient (Wildman–Crippen LogP) is 2.36. The van der Waals surface area contributed by atoms with E-state index >= 15 is 0 Å². The first-order valence-corrected chi connectivity index (χ1v) is 8.15. The minimum atomic E-state index is -0.0892. The van der Waals surface area contributed by atoms with E-state index in [0.717, 1.165) is 22.5 Å². The van der Waals surface area contributed by atoms with Crippen molar-refractivity contribution in [2.75, 3.05) is 0 Å². The molecule has 0 aliphatic heterocycles. The Morgan fingerprint density at radius 1 is 1.19 bits per heavy atom. The van der Waals surface area contributed by atoms with Crippen LogP contribution < -0.4 is 5.56 Å². The average molecular weight is 347 g/mol. The van der Waals surface area contributed by atoms with Gasteiger partial charge in [-0.05, 0) is 36.1 Å². The number of aromatic amines is 1. The quantitative estimate of drug-likeness (QED) is 0.601. The number of carbonyl (C=O) groups excluding carboxylic acids is 2. The van der Waals surface area contributed by atoms with Crippen LogP contribution in [-0.4, -0.2) is 21.1 Å². The van der Waals surface area contributed by atoms with Crippen LogP contribution in [0, 0.1) is 13.8 Å². The van der Waals surface area contributed by atoms with E-state index in [1.807, 2.05) is 19.1 Å². The Labute approximate surface area is 150 Å². The lowest BCUT2D eigenvalue weighted by atomic mass is 10.1. The Kier molecular flexibility index (Phi) is 4.87. The number of hydrogen-bond acceptors (Lipinski definition) is 5. The zero-order valence-electron chi connectivity index (χ0n) is 14.5. The topological polar surface area (TPSA) is 92.8 Å². The van der Waals surface area contributed by atoms with Crippen LogP contribution >= 0.6 is 0 Å². The van der Waals surface area contributed by atoms with Crippen molar-refractivity contribution < 1.29 is 9.59 Å². The minimum Gasteiger partial charge on any atom is -0.310 e. The van der Waals surface area contributed by atoms with Gasteiger partial charge in [-0.25, -0.2) is 4.98 Å². The largest absolute Gasteiger partial charge is 0.373 e. The molecule has 3 aromatic rings.